The number of aromatic amines is 2. The maximum Gasteiger partial charge on any atom is 0.196 e. The molecule has 160 valence electrons. The van der Waals surface area contributed by atoms with E-state index in [2.05, 4.69) is 0 Å². The highest BCUT2D eigenvalue weighted by atomic mass is 16.1. The van der Waals surface area contributed by atoms with E-state index in [1.807, 2.05) is 0 Å². The minimum Gasteiger partial charge on any atom is -0.351 e. The van der Waals surface area contributed by atoms with E-state index in [9.17, 15) is 19.2 Å². The summed E-state index contributed by atoms with van der Waals surface area (Å²) in [6.45, 7) is 0. The number of aromatic nitrogens is 2. The van der Waals surface area contributed by atoms with Crippen molar-refractivity contribution in [2.45, 2.75) is 0 Å². The monoisotopic (exact) mass is 444 g/mol. The predicted molar refractivity (Wildman–Crippen MR) is 136 cm³/mol. The average molecular weight is 444 g/mol. The molecule has 0 saturated heterocycles. The second-order valence-corrected chi connectivity index (χ2v) is 8.34. The summed E-state index contributed by atoms with van der Waals surface area (Å²) in [5.74, 6) is 0. The van der Waals surface area contributed by atoms with E-state index in [-0.39, 0.29) is 65.2 Å². The molecule has 0 fully saturated rings. The molecule has 0 bridgehead atoms. The molecule has 0 aliphatic rings. The molecular weight excluding hydrogens is 428 g/mol. The fraction of sp³-hybridized carbons (Fsp3) is 0. The van der Waals surface area contributed by atoms with Crippen LogP contribution < -0.4 is 21.7 Å². The SMILES string of the molecule is [2H]n1c2ccc3c(=O)c4ccccc4c(=O)c3c2n([2H])c2ccc3c(=O)c4ccccc4c(=O)c3c21. The number of fused-ring (bicyclic) bond motifs is 8. The molecule has 0 radical (unpaired) electrons. The average Bonchev–Trinajstić information content (AvgIpc) is 2.92. The number of nitrogens with one attached hydrogen (secondary N) is 2. The lowest BCUT2D eigenvalue weighted by Gasteiger charge is -2.10. The van der Waals surface area contributed by atoms with Crippen LogP contribution in [-0.2, 0) is 0 Å². The Balaban J connectivity index is 1.80. The summed E-state index contributed by atoms with van der Waals surface area (Å²) >= 11 is 0. The first-order chi connectivity index (χ1) is 17.4. The van der Waals surface area contributed by atoms with Gasteiger partial charge in [0.05, 0.1) is 32.8 Å². The van der Waals surface area contributed by atoms with Gasteiger partial charge in [0.1, 0.15) is 0 Å². The van der Waals surface area contributed by atoms with Gasteiger partial charge in [0.15, 0.2) is 24.5 Å². The van der Waals surface area contributed by atoms with Crippen LogP contribution in [0, 0.1) is 0 Å². The molecule has 0 amide bonds. The van der Waals surface area contributed by atoms with Crippen molar-refractivity contribution in [1.29, 1.82) is 0 Å². The van der Waals surface area contributed by atoms with Crippen LogP contribution in [0.4, 0.5) is 0 Å². The van der Waals surface area contributed by atoms with E-state index in [0.29, 0.717) is 10.8 Å². The first-order valence-electron chi connectivity index (χ1n) is 11.6. The van der Waals surface area contributed by atoms with Crippen molar-refractivity contribution in [2.75, 3.05) is 0 Å². The van der Waals surface area contributed by atoms with Crippen molar-refractivity contribution in [2.24, 2.45) is 0 Å². The van der Waals surface area contributed by atoms with Crippen LogP contribution in [0.15, 0.2) is 92.0 Å². The summed E-state index contributed by atoms with van der Waals surface area (Å²) in [5.41, 5.74) is -1.01. The molecule has 0 saturated carbocycles. The third kappa shape index (κ3) is 2.24. The number of rotatable bonds is 0. The summed E-state index contributed by atoms with van der Waals surface area (Å²) in [5, 5.41) is 1.46. The van der Waals surface area contributed by atoms with E-state index in [1.54, 1.807) is 48.5 Å². The molecule has 7 aromatic rings. The molecule has 6 heteroatoms. The van der Waals surface area contributed by atoms with E-state index in [0.717, 1.165) is 9.95 Å². The van der Waals surface area contributed by atoms with Gasteiger partial charge in [0.2, 0.25) is 0 Å². The highest BCUT2D eigenvalue weighted by Gasteiger charge is 2.17. The zero-order chi connectivity index (χ0) is 24.9. The normalized spacial score (nSPS) is 12.8. The van der Waals surface area contributed by atoms with Crippen molar-refractivity contribution in [3.63, 3.8) is 0 Å². The fourth-order valence-electron chi connectivity index (χ4n) is 4.96. The molecule has 0 aliphatic carbocycles. The molecule has 2 N–H and O–H groups in total. The van der Waals surface area contributed by atoms with Crippen molar-refractivity contribution in [3.05, 3.63) is 114 Å². The Bertz CT molecular complexity index is 2210. The molecule has 7 rings (SSSR count). The molecule has 6 nitrogen and oxygen atoms in total. The summed E-state index contributed by atoms with van der Waals surface area (Å²) in [6.07, 6.45) is 0. The number of hydrogen-bond donors (Lipinski definition) is 2. The van der Waals surface area contributed by atoms with E-state index in [1.165, 1.54) is 24.3 Å². The third-order valence-corrected chi connectivity index (χ3v) is 6.55. The summed E-state index contributed by atoms with van der Waals surface area (Å²) in [6, 6.07) is 19.0. The topological polar surface area (TPSA) is 99.9 Å². The Kier molecular flexibility index (Phi) is 3.13. The van der Waals surface area contributed by atoms with Gasteiger partial charge in [-0.05, 0) is 24.3 Å². The zero-order valence-electron chi connectivity index (χ0n) is 19.5. The van der Waals surface area contributed by atoms with E-state index in [4.69, 9.17) is 2.82 Å². The summed E-state index contributed by atoms with van der Waals surface area (Å²) in [4.78, 5) is 55.4. The van der Waals surface area contributed by atoms with Crippen molar-refractivity contribution in [1.82, 2.24) is 9.95 Å². The molecule has 0 atom stereocenters. The van der Waals surface area contributed by atoms with Gasteiger partial charge in [-0.3, -0.25) is 19.2 Å². The van der Waals surface area contributed by atoms with Crippen molar-refractivity contribution >= 4 is 65.2 Å². The maximum atomic E-state index is 13.5. The third-order valence-electron chi connectivity index (χ3n) is 6.55. The first-order valence-corrected chi connectivity index (χ1v) is 10.7. The molecule has 1 heterocycles. The van der Waals surface area contributed by atoms with Gasteiger partial charge in [-0.2, -0.15) is 0 Å². The Hall–Kier alpha value is -4.84. The van der Waals surface area contributed by atoms with Crippen LogP contribution in [0.25, 0.3) is 65.2 Å². The van der Waals surface area contributed by atoms with Crippen LogP contribution in [0.2, 0.25) is 2.82 Å². The van der Waals surface area contributed by atoms with Crippen LogP contribution in [0.3, 0.4) is 0 Å². The van der Waals surface area contributed by atoms with E-state index >= 15 is 0 Å². The van der Waals surface area contributed by atoms with Gasteiger partial charge < -0.3 is 9.95 Å². The highest BCUT2D eigenvalue weighted by Crippen LogP contribution is 2.26. The van der Waals surface area contributed by atoms with Gasteiger partial charge in [-0.25, -0.2) is 0 Å². The van der Waals surface area contributed by atoms with E-state index < -0.39 is 10.9 Å². The summed E-state index contributed by atoms with van der Waals surface area (Å²) < 4.78 is 17.9. The number of hydrogen-bond acceptors (Lipinski definition) is 4. The van der Waals surface area contributed by atoms with Gasteiger partial charge in [0, 0.05) is 32.3 Å². The second-order valence-electron chi connectivity index (χ2n) is 8.34. The first kappa shape index (κ1) is 16.7. The van der Waals surface area contributed by atoms with Crippen LogP contribution in [-0.4, -0.2) is 9.95 Å². The van der Waals surface area contributed by atoms with Gasteiger partial charge in [0.25, 0.3) is 0 Å². The predicted octanol–water partition coefficient (Wildman–Crippen LogP) is 4.14. The number of benzene rings is 6. The lowest BCUT2D eigenvalue weighted by molar-refractivity contribution is 1.41. The quantitative estimate of drug-likeness (QED) is 0.271. The summed E-state index contributed by atoms with van der Waals surface area (Å²) in [7, 11) is 0. The van der Waals surface area contributed by atoms with Gasteiger partial charge in [-0.15, -0.1) is 0 Å². The zero-order valence-corrected chi connectivity index (χ0v) is 17.5. The fourth-order valence-corrected chi connectivity index (χ4v) is 4.96. The lowest BCUT2D eigenvalue weighted by atomic mass is 9.99. The van der Waals surface area contributed by atoms with Crippen LogP contribution >= 0.6 is 0 Å². The van der Waals surface area contributed by atoms with Gasteiger partial charge >= 0.3 is 0 Å². The Labute approximate surface area is 192 Å². The molecule has 34 heavy (non-hydrogen) atoms. The highest BCUT2D eigenvalue weighted by molar-refractivity contribution is 6.14. The Morgan fingerprint density at radius 1 is 0.441 bits per heavy atom. The Morgan fingerprint density at radius 3 is 1.18 bits per heavy atom. The number of H-pyrrole nitrogens is 2. The van der Waals surface area contributed by atoms with Gasteiger partial charge in [-0.1, -0.05) is 48.5 Å². The standard InChI is InChI=1S/C28H14N2O4/c31-25-13-5-1-3-7-15(13)27(33)21-17(25)9-11-19-23(21)29-20-12-10-18-22(24(20)30-19)28(34)16-8-4-2-6-14(16)26(18)32/h1-12,29-30H/i/hD2. The van der Waals surface area contributed by atoms with Crippen molar-refractivity contribution in [3.8, 4) is 0 Å². The Morgan fingerprint density at radius 2 is 0.794 bits per heavy atom. The molecule has 0 spiro atoms. The minimum absolute atomic E-state index is 0.0413. The molecule has 0 aliphatic heterocycles. The largest absolute Gasteiger partial charge is 0.351 e. The van der Waals surface area contributed by atoms with Crippen molar-refractivity contribution < 1.29 is 2.82 Å². The molecule has 6 aromatic carbocycles. The lowest BCUT2D eigenvalue weighted by Crippen LogP contribution is -2.14. The minimum atomic E-state index is -0.413. The smallest absolute Gasteiger partial charge is 0.196 e. The van der Waals surface area contributed by atoms with Crippen LogP contribution in [0.5, 0.6) is 0 Å². The van der Waals surface area contributed by atoms with Crippen LogP contribution in [0.1, 0.15) is 0 Å². The molecule has 1 aromatic heterocycles. The second kappa shape index (κ2) is 6.36. The molecular formula is C28H14N2O4. The molecule has 0 unspecified atom stereocenters. The maximum absolute atomic E-state index is 13.5.